The molecule has 0 bridgehead atoms. The zero-order valence-corrected chi connectivity index (χ0v) is 12.0. The summed E-state index contributed by atoms with van der Waals surface area (Å²) in [6.45, 7) is 2.40. The lowest BCUT2D eigenvalue weighted by molar-refractivity contribution is -0.141. The van der Waals surface area contributed by atoms with Gasteiger partial charge in [-0.1, -0.05) is 30.7 Å². The monoisotopic (exact) mass is 315 g/mol. The van der Waals surface area contributed by atoms with Crippen molar-refractivity contribution in [1.29, 1.82) is 0 Å². The first-order chi connectivity index (χ1) is 9.90. The lowest BCUT2D eigenvalue weighted by atomic mass is 10.1. The number of halogens is 4. The Morgan fingerprint density at radius 1 is 1.19 bits per heavy atom. The van der Waals surface area contributed by atoms with Gasteiger partial charge in [-0.2, -0.15) is 13.2 Å². The van der Waals surface area contributed by atoms with Crippen LogP contribution >= 0.6 is 11.6 Å². The summed E-state index contributed by atoms with van der Waals surface area (Å²) in [5.41, 5.74) is -0.292. The maximum absolute atomic E-state index is 12.9. The molecule has 0 saturated carbocycles. The molecular weight excluding hydrogens is 303 g/mol. The Kier molecular flexibility index (Phi) is 4.67. The van der Waals surface area contributed by atoms with Crippen molar-refractivity contribution in [3.63, 3.8) is 0 Å². The predicted molar refractivity (Wildman–Crippen MR) is 76.3 cm³/mol. The highest BCUT2D eigenvalue weighted by atomic mass is 35.5. The average molecular weight is 316 g/mol. The summed E-state index contributed by atoms with van der Waals surface area (Å²) in [5.74, 6) is -0.0401. The maximum Gasteiger partial charge on any atom is 0.433 e. The summed E-state index contributed by atoms with van der Waals surface area (Å²) < 4.78 is 38.8. The maximum atomic E-state index is 12.9. The van der Waals surface area contributed by atoms with Crippen molar-refractivity contribution in [2.45, 2.75) is 19.5 Å². The standard InChI is InChI=1S/C14H13ClF3N3/c1-2-6-19-13-20-11(8-12(21-13)14(16,17)18)9-4-3-5-10(15)7-9/h3-5,7-8H,2,6H2,1H3,(H,19,20,21). The summed E-state index contributed by atoms with van der Waals surface area (Å²) in [5, 5.41) is 3.21. The van der Waals surface area contributed by atoms with E-state index in [1.165, 1.54) is 0 Å². The summed E-state index contributed by atoms with van der Waals surface area (Å²) in [7, 11) is 0. The fourth-order valence-corrected chi connectivity index (χ4v) is 1.89. The summed E-state index contributed by atoms with van der Waals surface area (Å²) in [6, 6.07) is 7.44. The van der Waals surface area contributed by atoms with E-state index in [2.05, 4.69) is 15.3 Å². The molecule has 0 spiro atoms. The van der Waals surface area contributed by atoms with Crippen molar-refractivity contribution in [2.24, 2.45) is 0 Å². The van der Waals surface area contributed by atoms with Gasteiger partial charge in [0.2, 0.25) is 5.95 Å². The van der Waals surface area contributed by atoms with Gasteiger partial charge >= 0.3 is 6.18 Å². The van der Waals surface area contributed by atoms with Crippen LogP contribution in [-0.4, -0.2) is 16.5 Å². The van der Waals surface area contributed by atoms with E-state index in [1.54, 1.807) is 24.3 Å². The van der Waals surface area contributed by atoms with E-state index >= 15 is 0 Å². The third-order valence-corrected chi connectivity index (χ3v) is 2.91. The molecule has 21 heavy (non-hydrogen) atoms. The van der Waals surface area contributed by atoms with Gasteiger partial charge in [0.15, 0.2) is 5.69 Å². The Labute approximate surface area is 125 Å². The minimum Gasteiger partial charge on any atom is -0.354 e. The largest absolute Gasteiger partial charge is 0.433 e. The molecule has 0 aliphatic carbocycles. The van der Waals surface area contributed by atoms with Crippen LogP contribution in [0, 0.1) is 0 Å². The number of rotatable bonds is 4. The van der Waals surface area contributed by atoms with Crippen LogP contribution in [0.1, 0.15) is 19.0 Å². The lowest BCUT2D eigenvalue weighted by Gasteiger charge is -2.11. The second-order valence-electron chi connectivity index (χ2n) is 4.40. The Morgan fingerprint density at radius 2 is 1.95 bits per heavy atom. The SMILES string of the molecule is CCCNc1nc(-c2cccc(Cl)c2)cc(C(F)(F)F)n1. The van der Waals surface area contributed by atoms with Gasteiger partial charge in [0.25, 0.3) is 0 Å². The van der Waals surface area contributed by atoms with E-state index in [9.17, 15) is 13.2 Å². The van der Waals surface area contributed by atoms with Crippen LogP contribution in [0.3, 0.4) is 0 Å². The Balaban J connectivity index is 2.49. The smallest absolute Gasteiger partial charge is 0.354 e. The molecular formula is C14H13ClF3N3. The fourth-order valence-electron chi connectivity index (χ4n) is 1.70. The van der Waals surface area contributed by atoms with E-state index in [4.69, 9.17) is 11.6 Å². The van der Waals surface area contributed by atoms with Crippen LogP contribution in [0.15, 0.2) is 30.3 Å². The van der Waals surface area contributed by atoms with Gasteiger partial charge in [0.05, 0.1) is 5.69 Å². The third-order valence-electron chi connectivity index (χ3n) is 2.67. The Bertz CT molecular complexity index is 629. The normalized spacial score (nSPS) is 11.5. The van der Waals surface area contributed by atoms with Crippen LogP contribution in [0.5, 0.6) is 0 Å². The quantitative estimate of drug-likeness (QED) is 0.893. The molecule has 0 aliphatic heterocycles. The Morgan fingerprint density at radius 3 is 2.57 bits per heavy atom. The number of hydrogen-bond acceptors (Lipinski definition) is 3. The van der Waals surface area contributed by atoms with E-state index < -0.39 is 11.9 Å². The molecule has 0 aliphatic rings. The van der Waals surface area contributed by atoms with Crippen LogP contribution in [0.25, 0.3) is 11.3 Å². The van der Waals surface area contributed by atoms with E-state index in [-0.39, 0.29) is 11.6 Å². The summed E-state index contributed by atoms with van der Waals surface area (Å²) in [6.07, 6.45) is -3.77. The van der Waals surface area contributed by atoms with Gasteiger partial charge in [-0.05, 0) is 24.6 Å². The number of benzene rings is 1. The Hall–Kier alpha value is -1.82. The van der Waals surface area contributed by atoms with Gasteiger partial charge in [-0.3, -0.25) is 0 Å². The highest BCUT2D eigenvalue weighted by Crippen LogP contribution is 2.31. The van der Waals surface area contributed by atoms with Gasteiger partial charge < -0.3 is 5.32 Å². The van der Waals surface area contributed by atoms with Gasteiger partial charge in [-0.25, -0.2) is 9.97 Å². The van der Waals surface area contributed by atoms with Crippen molar-refractivity contribution in [1.82, 2.24) is 9.97 Å². The third kappa shape index (κ3) is 4.07. The molecule has 0 radical (unpaired) electrons. The molecule has 0 unspecified atom stereocenters. The summed E-state index contributed by atoms with van der Waals surface area (Å²) in [4.78, 5) is 7.62. The van der Waals surface area contributed by atoms with E-state index in [0.717, 1.165) is 12.5 Å². The molecule has 1 heterocycles. The first-order valence-electron chi connectivity index (χ1n) is 6.36. The van der Waals surface area contributed by atoms with Crippen molar-refractivity contribution in [3.8, 4) is 11.3 Å². The number of alkyl halides is 3. The topological polar surface area (TPSA) is 37.8 Å². The molecule has 3 nitrogen and oxygen atoms in total. The highest BCUT2D eigenvalue weighted by molar-refractivity contribution is 6.30. The predicted octanol–water partition coefficient (Wildman–Crippen LogP) is 4.64. The van der Waals surface area contributed by atoms with Crippen LogP contribution in [0.2, 0.25) is 5.02 Å². The zero-order chi connectivity index (χ0) is 15.5. The molecule has 2 rings (SSSR count). The van der Waals surface area contributed by atoms with Crippen molar-refractivity contribution in [2.75, 3.05) is 11.9 Å². The molecule has 2 aromatic rings. The molecule has 0 amide bonds. The number of aromatic nitrogens is 2. The summed E-state index contributed by atoms with van der Waals surface area (Å²) >= 11 is 5.87. The van der Waals surface area contributed by atoms with Gasteiger partial charge in [0.1, 0.15) is 0 Å². The van der Waals surface area contributed by atoms with Crippen LogP contribution < -0.4 is 5.32 Å². The van der Waals surface area contributed by atoms with E-state index in [1.807, 2.05) is 6.92 Å². The molecule has 0 atom stereocenters. The molecule has 1 aromatic heterocycles. The highest BCUT2D eigenvalue weighted by Gasteiger charge is 2.33. The van der Waals surface area contributed by atoms with Gasteiger partial charge in [0, 0.05) is 17.1 Å². The van der Waals surface area contributed by atoms with Gasteiger partial charge in [-0.15, -0.1) is 0 Å². The van der Waals surface area contributed by atoms with E-state index in [0.29, 0.717) is 17.1 Å². The minimum absolute atomic E-state index is 0.0401. The number of hydrogen-bond donors (Lipinski definition) is 1. The van der Waals surface area contributed by atoms with Crippen molar-refractivity contribution >= 4 is 17.5 Å². The molecule has 0 fully saturated rings. The minimum atomic E-state index is -4.53. The lowest BCUT2D eigenvalue weighted by Crippen LogP contribution is -2.13. The van der Waals surface area contributed by atoms with Crippen molar-refractivity contribution < 1.29 is 13.2 Å². The molecule has 0 saturated heterocycles. The van der Waals surface area contributed by atoms with Crippen LogP contribution in [-0.2, 0) is 6.18 Å². The van der Waals surface area contributed by atoms with Crippen molar-refractivity contribution in [3.05, 3.63) is 41.0 Å². The number of anilines is 1. The molecule has 1 N–H and O–H groups in total. The van der Waals surface area contributed by atoms with Crippen LogP contribution in [0.4, 0.5) is 19.1 Å². The molecule has 7 heteroatoms. The molecule has 112 valence electrons. The average Bonchev–Trinajstić information content (AvgIpc) is 2.44. The molecule has 1 aromatic carbocycles. The second-order valence-corrected chi connectivity index (χ2v) is 4.83. The second kappa shape index (κ2) is 6.30. The number of nitrogens with one attached hydrogen (secondary N) is 1. The number of nitrogens with zero attached hydrogens (tertiary/aromatic N) is 2. The first-order valence-corrected chi connectivity index (χ1v) is 6.74. The zero-order valence-electron chi connectivity index (χ0n) is 11.2. The first kappa shape index (κ1) is 15.6. The fraction of sp³-hybridized carbons (Fsp3) is 0.286.